The van der Waals surface area contributed by atoms with Gasteiger partial charge in [-0.3, -0.25) is 4.99 Å². The summed E-state index contributed by atoms with van der Waals surface area (Å²) in [6.45, 7) is 8.32. The summed E-state index contributed by atoms with van der Waals surface area (Å²) < 4.78 is 11.0. The fourth-order valence-electron chi connectivity index (χ4n) is 1.71. The predicted molar refractivity (Wildman–Crippen MR) is 106 cm³/mol. The molecule has 0 saturated heterocycles. The summed E-state index contributed by atoms with van der Waals surface area (Å²) >= 11 is 0. The van der Waals surface area contributed by atoms with Gasteiger partial charge in [0.2, 0.25) is 0 Å². The fraction of sp³-hybridized carbons (Fsp3) is 0.588. The quantitative estimate of drug-likeness (QED) is 0.243. The number of nitrogens with zero attached hydrogens (tertiary/aromatic N) is 1. The van der Waals surface area contributed by atoms with E-state index in [0.717, 1.165) is 19.5 Å². The Morgan fingerprint density at radius 2 is 1.83 bits per heavy atom. The van der Waals surface area contributed by atoms with E-state index < -0.39 is 0 Å². The summed E-state index contributed by atoms with van der Waals surface area (Å²) in [5, 5.41) is 3.08. The molecule has 0 amide bonds. The van der Waals surface area contributed by atoms with Gasteiger partial charge in [0.15, 0.2) is 5.96 Å². The van der Waals surface area contributed by atoms with Crippen LogP contribution in [0.3, 0.4) is 0 Å². The Hall–Kier alpha value is -0.860. The third-order valence-corrected chi connectivity index (χ3v) is 2.88. The summed E-state index contributed by atoms with van der Waals surface area (Å²) in [7, 11) is 0. The van der Waals surface area contributed by atoms with Crippen LogP contribution < -0.4 is 11.1 Å². The van der Waals surface area contributed by atoms with E-state index in [1.165, 1.54) is 5.56 Å². The van der Waals surface area contributed by atoms with Crippen molar-refractivity contribution in [2.75, 3.05) is 32.9 Å². The van der Waals surface area contributed by atoms with E-state index in [4.69, 9.17) is 15.2 Å². The largest absolute Gasteiger partial charge is 0.379 e. The molecule has 0 aliphatic heterocycles. The van der Waals surface area contributed by atoms with Crippen LogP contribution in [-0.4, -0.2) is 38.9 Å². The fourth-order valence-corrected chi connectivity index (χ4v) is 1.71. The molecule has 5 nitrogen and oxygen atoms in total. The lowest BCUT2D eigenvalue weighted by Gasteiger charge is -2.08. The average Bonchev–Trinajstić information content (AvgIpc) is 2.52. The van der Waals surface area contributed by atoms with Gasteiger partial charge in [0, 0.05) is 19.7 Å². The van der Waals surface area contributed by atoms with Gasteiger partial charge in [-0.05, 0) is 17.9 Å². The van der Waals surface area contributed by atoms with Crippen LogP contribution in [0.4, 0.5) is 0 Å². The van der Waals surface area contributed by atoms with Gasteiger partial charge in [0.25, 0.3) is 0 Å². The minimum Gasteiger partial charge on any atom is -0.379 e. The maximum absolute atomic E-state index is 5.74. The minimum absolute atomic E-state index is 0. The molecule has 1 aromatic rings. The standard InChI is InChI=1S/C17H29N3O2.HI/c1-15(2)13-20-17(18)19-9-6-10-21-11-12-22-14-16-7-4-3-5-8-16;/h3-5,7-8,15H,6,9-14H2,1-2H3,(H3,18,19,20);1H. The number of hydrogen-bond donors (Lipinski definition) is 2. The van der Waals surface area contributed by atoms with Crippen molar-refractivity contribution in [3.8, 4) is 0 Å². The Morgan fingerprint density at radius 1 is 1.13 bits per heavy atom. The molecule has 1 aromatic carbocycles. The Labute approximate surface area is 157 Å². The molecule has 0 aliphatic carbocycles. The Bertz CT molecular complexity index is 414. The molecule has 0 unspecified atom stereocenters. The lowest BCUT2D eigenvalue weighted by atomic mass is 10.2. The Balaban J connectivity index is 0.00000484. The van der Waals surface area contributed by atoms with Crippen molar-refractivity contribution in [2.24, 2.45) is 16.6 Å². The maximum Gasteiger partial charge on any atom is 0.188 e. The molecular weight excluding hydrogens is 405 g/mol. The molecule has 0 radical (unpaired) electrons. The molecule has 1 rings (SSSR count). The number of nitrogens with one attached hydrogen (secondary N) is 1. The van der Waals surface area contributed by atoms with Gasteiger partial charge in [-0.15, -0.1) is 24.0 Å². The molecule has 0 saturated carbocycles. The molecule has 132 valence electrons. The summed E-state index contributed by atoms with van der Waals surface area (Å²) in [5.41, 5.74) is 6.92. The molecule has 0 aromatic heterocycles. The molecule has 0 heterocycles. The van der Waals surface area contributed by atoms with E-state index in [9.17, 15) is 0 Å². The van der Waals surface area contributed by atoms with Crippen LogP contribution in [-0.2, 0) is 16.1 Å². The van der Waals surface area contributed by atoms with E-state index >= 15 is 0 Å². The smallest absolute Gasteiger partial charge is 0.188 e. The molecule has 0 spiro atoms. The average molecular weight is 435 g/mol. The van der Waals surface area contributed by atoms with Gasteiger partial charge in [-0.1, -0.05) is 44.2 Å². The lowest BCUT2D eigenvalue weighted by Crippen LogP contribution is -2.33. The number of aliphatic imine (C=N–C) groups is 1. The van der Waals surface area contributed by atoms with Crippen LogP contribution >= 0.6 is 24.0 Å². The lowest BCUT2D eigenvalue weighted by molar-refractivity contribution is 0.0401. The van der Waals surface area contributed by atoms with Gasteiger partial charge in [-0.25, -0.2) is 0 Å². The minimum atomic E-state index is 0. The first-order valence-corrected chi connectivity index (χ1v) is 7.91. The first-order chi connectivity index (χ1) is 10.7. The highest BCUT2D eigenvalue weighted by atomic mass is 127. The third kappa shape index (κ3) is 13.3. The zero-order valence-electron chi connectivity index (χ0n) is 14.2. The molecule has 23 heavy (non-hydrogen) atoms. The van der Waals surface area contributed by atoms with Gasteiger partial charge in [0.05, 0.1) is 19.8 Å². The van der Waals surface area contributed by atoms with Crippen molar-refractivity contribution in [2.45, 2.75) is 26.9 Å². The normalized spacial score (nSPS) is 11.3. The molecule has 0 aliphatic rings. The molecule has 3 N–H and O–H groups in total. The number of guanidine groups is 1. The van der Waals surface area contributed by atoms with Crippen molar-refractivity contribution >= 4 is 29.9 Å². The van der Waals surface area contributed by atoms with Crippen molar-refractivity contribution in [1.29, 1.82) is 0 Å². The van der Waals surface area contributed by atoms with Gasteiger partial charge >= 0.3 is 0 Å². The third-order valence-electron chi connectivity index (χ3n) is 2.88. The monoisotopic (exact) mass is 435 g/mol. The van der Waals surface area contributed by atoms with Crippen LogP contribution in [0, 0.1) is 5.92 Å². The first-order valence-electron chi connectivity index (χ1n) is 7.91. The Morgan fingerprint density at radius 3 is 2.52 bits per heavy atom. The van der Waals surface area contributed by atoms with Crippen molar-refractivity contribution in [3.63, 3.8) is 0 Å². The SMILES string of the molecule is CC(C)CN=C(N)NCCCOCCOCc1ccccc1.I. The van der Waals surface area contributed by atoms with Gasteiger partial charge < -0.3 is 20.5 Å². The number of ether oxygens (including phenoxy) is 2. The highest BCUT2D eigenvalue weighted by molar-refractivity contribution is 14.0. The van der Waals surface area contributed by atoms with Crippen molar-refractivity contribution < 1.29 is 9.47 Å². The van der Waals surface area contributed by atoms with Crippen LogP contribution in [0.15, 0.2) is 35.3 Å². The predicted octanol–water partition coefficient (Wildman–Crippen LogP) is 2.79. The van der Waals surface area contributed by atoms with E-state index in [1.807, 2.05) is 18.2 Å². The zero-order valence-corrected chi connectivity index (χ0v) is 16.5. The molecule has 0 fully saturated rings. The second-order valence-corrected chi connectivity index (χ2v) is 5.55. The highest BCUT2D eigenvalue weighted by Gasteiger charge is 1.95. The van der Waals surface area contributed by atoms with E-state index in [1.54, 1.807) is 0 Å². The molecule has 6 heteroatoms. The Kier molecular flexibility index (Phi) is 14.2. The van der Waals surface area contributed by atoms with Gasteiger partial charge in [0.1, 0.15) is 0 Å². The number of nitrogens with two attached hydrogens (primary N) is 1. The second-order valence-electron chi connectivity index (χ2n) is 5.55. The maximum atomic E-state index is 5.74. The summed E-state index contributed by atoms with van der Waals surface area (Å²) in [6.07, 6.45) is 0.899. The summed E-state index contributed by atoms with van der Waals surface area (Å²) in [4.78, 5) is 4.23. The van der Waals surface area contributed by atoms with Crippen molar-refractivity contribution in [3.05, 3.63) is 35.9 Å². The van der Waals surface area contributed by atoms with Crippen LogP contribution in [0.5, 0.6) is 0 Å². The number of benzene rings is 1. The number of hydrogen-bond acceptors (Lipinski definition) is 3. The van der Waals surface area contributed by atoms with Crippen LogP contribution in [0.25, 0.3) is 0 Å². The first kappa shape index (κ1) is 22.1. The number of rotatable bonds is 11. The van der Waals surface area contributed by atoms with Crippen LogP contribution in [0.1, 0.15) is 25.8 Å². The molecule has 0 atom stereocenters. The van der Waals surface area contributed by atoms with Crippen molar-refractivity contribution in [1.82, 2.24) is 5.32 Å². The number of halogens is 1. The van der Waals surface area contributed by atoms with Gasteiger partial charge in [-0.2, -0.15) is 0 Å². The van der Waals surface area contributed by atoms with Crippen LogP contribution in [0.2, 0.25) is 0 Å². The molecular formula is C17H30IN3O2. The van der Waals surface area contributed by atoms with E-state index in [-0.39, 0.29) is 24.0 Å². The van der Waals surface area contributed by atoms with E-state index in [2.05, 4.69) is 36.3 Å². The van der Waals surface area contributed by atoms with E-state index in [0.29, 0.717) is 38.3 Å². The highest BCUT2D eigenvalue weighted by Crippen LogP contribution is 2.00. The zero-order chi connectivity index (χ0) is 16.0. The summed E-state index contributed by atoms with van der Waals surface area (Å²) in [5.74, 6) is 1.04. The molecule has 0 bridgehead atoms. The second kappa shape index (κ2) is 14.7. The summed E-state index contributed by atoms with van der Waals surface area (Å²) in [6, 6.07) is 10.1. The topological polar surface area (TPSA) is 68.9 Å².